The highest BCUT2D eigenvalue weighted by atomic mass is 16.2. The molecule has 3 aliphatic carbocycles. The van der Waals surface area contributed by atoms with Gasteiger partial charge in [0.05, 0.1) is 22.2 Å². The van der Waals surface area contributed by atoms with Crippen LogP contribution in [0.1, 0.15) is 106 Å². The van der Waals surface area contributed by atoms with Gasteiger partial charge in [0.2, 0.25) is 0 Å². The highest BCUT2D eigenvalue weighted by Crippen LogP contribution is 2.42. The van der Waals surface area contributed by atoms with E-state index in [1.54, 1.807) is 0 Å². The van der Waals surface area contributed by atoms with Gasteiger partial charge in [-0.1, -0.05) is 19.3 Å². The van der Waals surface area contributed by atoms with E-state index in [9.17, 15) is 4.79 Å². The number of amides is 1. The number of carbonyl (C=O) groups is 1. The second-order valence-electron chi connectivity index (χ2n) is 10.5. The molecule has 0 atom stereocenters. The second kappa shape index (κ2) is 6.82. The van der Waals surface area contributed by atoms with Gasteiger partial charge in [-0.25, -0.2) is 9.67 Å². The molecule has 0 saturated heterocycles. The number of nitrogens with zero attached hydrogens (tertiary/aromatic N) is 4. The van der Waals surface area contributed by atoms with Crippen molar-refractivity contribution in [1.29, 1.82) is 0 Å². The lowest BCUT2D eigenvalue weighted by Gasteiger charge is -2.35. The van der Waals surface area contributed by atoms with Crippen LogP contribution in [0.25, 0.3) is 11.0 Å². The first-order valence-electron chi connectivity index (χ1n) is 11.6. The van der Waals surface area contributed by atoms with E-state index in [2.05, 4.69) is 31.7 Å². The van der Waals surface area contributed by atoms with Crippen molar-refractivity contribution in [2.75, 3.05) is 0 Å². The smallest absolute Gasteiger partial charge is 0.255 e. The summed E-state index contributed by atoms with van der Waals surface area (Å²) in [5, 5.41) is 5.81. The number of carbonyl (C=O) groups excluding carboxylic acids is 1. The Balaban J connectivity index is 1.64. The molecule has 0 bridgehead atoms. The predicted molar refractivity (Wildman–Crippen MR) is 115 cm³/mol. The lowest BCUT2D eigenvalue weighted by Crippen LogP contribution is -2.43. The maximum absolute atomic E-state index is 14.0. The molecule has 29 heavy (non-hydrogen) atoms. The van der Waals surface area contributed by atoms with E-state index in [1.165, 1.54) is 32.1 Å². The molecule has 5 heteroatoms. The lowest BCUT2D eigenvalue weighted by atomic mass is 9.93. The molecule has 1 amide bonds. The van der Waals surface area contributed by atoms with Gasteiger partial charge in [0.15, 0.2) is 5.65 Å². The van der Waals surface area contributed by atoms with Crippen molar-refractivity contribution in [3.63, 3.8) is 0 Å². The Kier molecular flexibility index (Phi) is 4.48. The molecule has 2 heterocycles. The minimum absolute atomic E-state index is 0.165. The molecule has 0 unspecified atom stereocenters. The Morgan fingerprint density at radius 1 is 1.03 bits per heavy atom. The van der Waals surface area contributed by atoms with E-state index in [1.807, 2.05) is 11.6 Å². The summed E-state index contributed by atoms with van der Waals surface area (Å²) in [4.78, 5) is 21.3. The fourth-order valence-electron chi connectivity index (χ4n) is 5.01. The fourth-order valence-corrected chi connectivity index (χ4v) is 5.01. The van der Waals surface area contributed by atoms with Crippen molar-refractivity contribution in [2.24, 2.45) is 0 Å². The van der Waals surface area contributed by atoms with Crippen LogP contribution in [0, 0.1) is 6.92 Å². The average Bonchev–Trinajstić information content (AvgIpc) is 3.59. The van der Waals surface area contributed by atoms with Crippen LogP contribution in [0.4, 0.5) is 0 Å². The molecule has 3 saturated carbocycles. The molecular formula is C24H34N4O. The number of aromatic nitrogens is 3. The van der Waals surface area contributed by atoms with E-state index >= 15 is 0 Å². The molecule has 0 aromatic carbocycles. The topological polar surface area (TPSA) is 51.0 Å². The number of hydrogen-bond donors (Lipinski definition) is 0. The second-order valence-corrected chi connectivity index (χ2v) is 10.5. The van der Waals surface area contributed by atoms with Crippen LogP contribution in [0.3, 0.4) is 0 Å². The van der Waals surface area contributed by atoms with Crippen molar-refractivity contribution >= 4 is 16.9 Å². The molecule has 2 aromatic heterocycles. The molecule has 2 aromatic rings. The number of pyridine rings is 1. The SMILES string of the molecule is Cc1nn(C(C)(C)C)c2nc(C3CC3)cc(C(=O)N(C3CCCCC3)C3CC3)c12. The van der Waals surface area contributed by atoms with Gasteiger partial charge in [-0.2, -0.15) is 5.10 Å². The fraction of sp³-hybridized carbons (Fsp3) is 0.708. The predicted octanol–water partition coefficient (Wildman–Crippen LogP) is 5.31. The molecule has 0 aliphatic heterocycles. The third-order valence-corrected chi connectivity index (χ3v) is 6.84. The minimum Gasteiger partial charge on any atom is -0.333 e. The zero-order valence-corrected chi connectivity index (χ0v) is 18.4. The molecule has 5 nitrogen and oxygen atoms in total. The molecule has 5 rings (SSSR count). The van der Waals surface area contributed by atoms with Crippen molar-refractivity contribution in [3.05, 3.63) is 23.0 Å². The zero-order chi connectivity index (χ0) is 20.3. The highest BCUT2D eigenvalue weighted by molar-refractivity contribution is 6.07. The third kappa shape index (κ3) is 3.47. The quantitative estimate of drug-likeness (QED) is 0.706. The van der Waals surface area contributed by atoms with Crippen LogP contribution < -0.4 is 0 Å². The maximum atomic E-state index is 14.0. The first-order chi connectivity index (χ1) is 13.8. The van der Waals surface area contributed by atoms with Crippen molar-refractivity contribution in [1.82, 2.24) is 19.7 Å². The number of fused-ring (bicyclic) bond motifs is 1. The summed E-state index contributed by atoms with van der Waals surface area (Å²) in [7, 11) is 0. The first kappa shape index (κ1) is 19.1. The maximum Gasteiger partial charge on any atom is 0.255 e. The molecule has 0 radical (unpaired) electrons. The van der Waals surface area contributed by atoms with Gasteiger partial charge >= 0.3 is 0 Å². The number of rotatable bonds is 4. The van der Waals surface area contributed by atoms with E-state index in [0.29, 0.717) is 18.0 Å². The summed E-state index contributed by atoms with van der Waals surface area (Å²) >= 11 is 0. The van der Waals surface area contributed by atoms with Gasteiger partial charge in [-0.3, -0.25) is 4.79 Å². The first-order valence-corrected chi connectivity index (χ1v) is 11.6. The molecule has 156 valence electrons. The van der Waals surface area contributed by atoms with Crippen molar-refractivity contribution in [3.8, 4) is 0 Å². The van der Waals surface area contributed by atoms with Crippen LogP contribution in [-0.4, -0.2) is 37.7 Å². The summed E-state index contributed by atoms with van der Waals surface area (Å²) < 4.78 is 2.03. The summed E-state index contributed by atoms with van der Waals surface area (Å²) in [6.07, 6.45) is 10.8. The van der Waals surface area contributed by atoms with E-state index in [-0.39, 0.29) is 11.4 Å². The number of aryl methyl sites for hydroxylation is 1. The van der Waals surface area contributed by atoms with Crippen LogP contribution in [0.5, 0.6) is 0 Å². The van der Waals surface area contributed by atoms with Gasteiger partial charge in [-0.15, -0.1) is 0 Å². The van der Waals surface area contributed by atoms with Crippen molar-refractivity contribution in [2.45, 2.75) is 109 Å². The summed E-state index contributed by atoms with van der Waals surface area (Å²) in [6.45, 7) is 8.50. The zero-order valence-electron chi connectivity index (χ0n) is 18.4. The van der Waals surface area contributed by atoms with E-state index in [4.69, 9.17) is 10.1 Å². The van der Waals surface area contributed by atoms with Crippen LogP contribution in [0.2, 0.25) is 0 Å². The monoisotopic (exact) mass is 394 g/mol. The van der Waals surface area contributed by atoms with Crippen LogP contribution in [0.15, 0.2) is 6.07 Å². The van der Waals surface area contributed by atoms with Crippen molar-refractivity contribution < 1.29 is 4.79 Å². The Morgan fingerprint density at radius 3 is 2.28 bits per heavy atom. The largest absolute Gasteiger partial charge is 0.333 e. The summed E-state index contributed by atoms with van der Waals surface area (Å²) in [6, 6.07) is 2.97. The Bertz CT molecular complexity index is 940. The standard InChI is InChI=1S/C24H34N4O/c1-15-21-19(23(29)27(18-12-13-18)17-8-6-5-7-9-17)14-20(16-10-11-16)25-22(21)28(26-15)24(2,3)4/h14,16-18H,5-13H2,1-4H3. The highest BCUT2D eigenvalue weighted by Gasteiger charge is 2.40. The van der Waals surface area contributed by atoms with Gasteiger partial charge < -0.3 is 4.90 Å². The van der Waals surface area contributed by atoms with Gasteiger partial charge in [-0.05, 0) is 72.3 Å². The average molecular weight is 395 g/mol. The third-order valence-electron chi connectivity index (χ3n) is 6.84. The van der Waals surface area contributed by atoms with Gasteiger partial charge in [0.25, 0.3) is 5.91 Å². The minimum atomic E-state index is -0.165. The van der Waals surface area contributed by atoms with Crippen LogP contribution >= 0.6 is 0 Å². The van der Waals surface area contributed by atoms with E-state index in [0.717, 1.165) is 53.7 Å². The lowest BCUT2D eigenvalue weighted by molar-refractivity contribution is 0.0616. The molecule has 3 fully saturated rings. The molecule has 3 aliphatic rings. The van der Waals surface area contributed by atoms with E-state index < -0.39 is 0 Å². The van der Waals surface area contributed by atoms with Gasteiger partial charge in [0, 0.05) is 23.7 Å². The molecule has 0 N–H and O–H groups in total. The number of hydrogen-bond acceptors (Lipinski definition) is 3. The van der Waals surface area contributed by atoms with Crippen LogP contribution in [-0.2, 0) is 5.54 Å². The Hall–Kier alpha value is -1.91. The normalized spacial score (nSPS) is 21.0. The molecular weight excluding hydrogens is 360 g/mol. The molecule has 0 spiro atoms. The van der Waals surface area contributed by atoms with Gasteiger partial charge in [0.1, 0.15) is 0 Å². The Morgan fingerprint density at radius 2 is 1.69 bits per heavy atom. The summed E-state index contributed by atoms with van der Waals surface area (Å²) in [5.74, 6) is 0.740. The summed E-state index contributed by atoms with van der Waals surface area (Å²) in [5.41, 5.74) is 3.59. The Labute approximate surface area is 173 Å².